The maximum Gasteiger partial charge on any atom is 0.191 e. The highest BCUT2D eigenvalue weighted by atomic mass is 127. The molecule has 2 rings (SSSR count). The van der Waals surface area contributed by atoms with E-state index in [0.717, 1.165) is 5.75 Å². The fourth-order valence-electron chi connectivity index (χ4n) is 2.35. The summed E-state index contributed by atoms with van der Waals surface area (Å²) in [6.07, 6.45) is -0.123. The highest BCUT2D eigenvalue weighted by Crippen LogP contribution is 2.19. The Morgan fingerprint density at radius 2 is 1.96 bits per heavy atom. The van der Waals surface area contributed by atoms with Gasteiger partial charge in [0, 0.05) is 25.2 Å². The molecule has 0 aromatic heterocycles. The van der Waals surface area contributed by atoms with Crippen LogP contribution in [0, 0.1) is 17.1 Å². The number of benzene rings is 2. The molecule has 2 N–H and O–H groups in total. The molecule has 1 atom stereocenters. The number of guanidine groups is 1. The van der Waals surface area contributed by atoms with Gasteiger partial charge in [-0.1, -0.05) is 12.1 Å². The van der Waals surface area contributed by atoms with Crippen LogP contribution in [0.2, 0.25) is 0 Å². The molecule has 0 saturated heterocycles. The van der Waals surface area contributed by atoms with Gasteiger partial charge in [0.2, 0.25) is 0 Å². The lowest BCUT2D eigenvalue weighted by Gasteiger charge is -2.18. The van der Waals surface area contributed by atoms with Gasteiger partial charge in [-0.2, -0.15) is 5.26 Å². The summed E-state index contributed by atoms with van der Waals surface area (Å²) in [4.78, 5) is 4.12. The van der Waals surface area contributed by atoms with E-state index in [-0.39, 0.29) is 36.6 Å². The summed E-state index contributed by atoms with van der Waals surface area (Å²) < 4.78 is 24.9. The van der Waals surface area contributed by atoms with Crippen LogP contribution in [0.25, 0.3) is 0 Å². The first-order valence-electron chi connectivity index (χ1n) is 8.49. The molecule has 2 aromatic rings. The Kier molecular flexibility index (Phi) is 10.1. The average Bonchev–Trinajstić information content (AvgIpc) is 2.69. The molecule has 0 aliphatic rings. The molecule has 0 radical (unpaired) electrons. The molecule has 8 heteroatoms. The van der Waals surface area contributed by atoms with Crippen LogP contribution < -0.4 is 20.1 Å². The number of rotatable bonds is 7. The van der Waals surface area contributed by atoms with Gasteiger partial charge in [0.15, 0.2) is 5.96 Å². The highest BCUT2D eigenvalue weighted by molar-refractivity contribution is 14.0. The van der Waals surface area contributed by atoms with Gasteiger partial charge in [0.05, 0.1) is 25.3 Å². The standard InChI is InChI=1S/C20H23FN4O2.HI/c1-14(27-18-6-4-5-17(10-18)26-3)12-24-20(23-2)25-13-16-8-7-15(11-22)9-19(16)21;/h4-10,14H,12-13H2,1-3H3,(H2,23,24,25);1H. The number of halogens is 2. The van der Waals surface area contributed by atoms with Crippen molar-refractivity contribution in [3.8, 4) is 17.6 Å². The number of nitrogens with one attached hydrogen (secondary N) is 2. The number of hydrogen-bond acceptors (Lipinski definition) is 4. The second kappa shape index (κ2) is 12.0. The second-order valence-electron chi connectivity index (χ2n) is 5.83. The smallest absolute Gasteiger partial charge is 0.191 e. The molecular formula is C20H24FIN4O2. The van der Waals surface area contributed by atoms with Crippen LogP contribution in [0.4, 0.5) is 4.39 Å². The lowest BCUT2D eigenvalue weighted by atomic mass is 10.1. The van der Waals surface area contributed by atoms with Crippen molar-refractivity contribution in [3.63, 3.8) is 0 Å². The van der Waals surface area contributed by atoms with Gasteiger partial charge < -0.3 is 20.1 Å². The summed E-state index contributed by atoms with van der Waals surface area (Å²) in [7, 11) is 3.24. The second-order valence-corrected chi connectivity index (χ2v) is 5.83. The van der Waals surface area contributed by atoms with Crippen molar-refractivity contribution in [2.45, 2.75) is 19.6 Å². The Hall–Kier alpha value is -2.54. The molecule has 0 amide bonds. The molecule has 0 fully saturated rings. The SMILES string of the molecule is CN=C(NCc1ccc(C#N)cc1F)NCC(C)Oc1cccc(OC)c1.I. The summed E-state index contributed by atoms with van der Waals surface area (Å²) >= 11 is 0. The van der Waals surface area contributed by atoms with Crippen molar-refractivity contribution >= 4 is 29.9 Å². The lowest BCUT2D eigenvalue weighted by Crippen LogP contribution is -2.41. The van der Waals surface area contributed by atoms with E-state index in [2.05, 4.69) is 15.6 Å². The summed E-state index contributed by atoms with van der Waals surface area (Å²) in [5.41, 5.74) is 0.750. The Labute approximate surface area is 181 Å². The molecule has 2 aromatic carbocycles. The maximum absolute atomic E-state index is 13.9. The number of methoxy groups -OCH3 is 1. The van der Waals surface area contributed by atoms with Gasteiger partial charge in [-0.25, -0.2) is 4.39 Å². The molecule has 28 heavy (non-hydrogen) atoms. The third-order valence-electron chi connectivity index (χ3n) is 3.79. The van der Waals surface area contributed by atoms with Gasteiger partial charge in [-0.05, 0) is 31.2 Å². The normalized spacial score (nSPS) is 11.6. The molecule has 0 saturated carbocycles. The van der Waals surface area contributed by atoms with Crippen LogP contribution in [0.5, 0.6) is 11.5 Å². The fourth-order valence-corrected chi connectivity index (χ4v) is 2.35. The summed E-state index contributed by atoms with van der Waals surface area (Å²) in [5.74, 6) is 1.55. The van der Waals surface area contributed by atoms with Crippen molar-refractivity contribution in [1.82, 2.24) is 10.6 Å². The summed E-state index contributed by atoms with van der Waals surface area (Å²) in [6.45, 7) is 2.69. The van der Waals surface area contributed by atoms with Crippen LogP contribution in [0.3, 0.4) is 0 Å². The van der Waals surface area contributed by atoms with Crippen molar-refractivity contribution in [3.05, 3.63) is 59.4 Å². The zero-order valence-corrected chi connectivity index (χ0v) is 18.4. The van der Waals surface area contributed by atoms with Crippen molar-refractivity contribution < 1.29 is 13.9 Å². The molecule has 0 heterocycles. The first-order chi connectivity index (χ1) is 13.0. The van der Waals surface area contributed by atoms with Gasteiger partial charge >= 0.3 is 0 Å². The van der Waals surface area contributed by atoms with Crippen LogP contribution in [-0.4, -0.2) is 32.8 Å². The molecule has 0 bridgehead atoms. The van der Waals surface area contributed by atoms with Gasteiger partial charge in [-0.15, -0.1) is 24.0 Å². The first kappa shape index (κ1) is 23.5. The van der Waals surface area contributed by atoms with Crippen LogP contribution in [0.15, 0.2) is 47.5 Å². The van der Waals surface area contributed by atoms with E-state index in [1.54, 1.807) is 26.3 Å². The van der Waals surface area contributed by atoms with Crippen molar-refractivity contribution in [2.75, 3.05) is 20.7 Å². The first-order valence-corrected chi connectivity index (χ1v) is 8.49. The number of nitriles is 1. The molecule has 150 valence electrons. The van der Waals surface area contributed by atoms with Crippen LogP contribution in [-0.2, 0) is 6.54 Å². The lowest BCUT2D eigenvalue weighted by molar-refractivity contribution is 0.223. The minimum Gasteiger partial charge on any atom is -0.497 e. The van der Waals surface area contributed by atoms with Gasteiger partial charge in [0.25, 0.3) is 0 Å². The third kappa shape index (κ3) is 7.23. The average molecular weight is 498 g/mol. The minimum absolute atomic E-state index is 0. The molecule has 1 unspecified atom stereocenters. The van der Waals surface area contributed by atoms with Gasteiger partial charge in [-0.3, -0.25) is 4.99 Å². The monoisotopic (exact) mass is 498 g/mol. The van der Waals surface area contributed by atoms with E-state index < -0.39 is 5.82 Å². The van der Waals surface area contributed by atoms with E-state index in [9.17, 15) is 4.39 Å². The third-order valence-corrected chi connectivity index (χ3v) is 3.79. The largest absolute Gasteiger partial charge is 0.497 e. The van der Waals surface area contributed by atoms with E-state index in [1.807, 2.05) is 37.3 Å². The van der Waals surface area contributed by atoms with E-state index in [1.165, 1.54) is 6.07 Å². The highest BCUT2D eigenvalue weighted by Gasteiger charge is 2.08. The molecule has 6 nitrogen and oxygen atoms in total. The minimum atomic E-state index is -0.424. The van der Waals surface area contributed by atoms with E-state index in [4.69, 9.17) is 14.7 Å². The van der Waals surface area contributed by atoms with Gasteiger partial charge in [0.1, 0.15) is 23.4 Å². The fraction of sp³-hybridized carbons (Fsp3) is 0.300. The molecule has 0 aliphatic heterocycles. The molecular weight excluding hydrogens is 474 g/mol. The quantitative estimate of drug-likeness (QED) is 0.348. The van der Waals surface area contributed by atoms with E-state index >= 15 is 0 Å². The zero-order chi connectivity index (χ0) is 19.6. The Morgan fingerprint density at radius 1 is 1.21 bits per heavy atom. The topological polar surface area (TPSA) is 78.7 Å². The van der Waals surface area contributed by atoms with E-state index in [0.29, 0.717) is 29.4 Å². The Balaban J connectivity index is 0.00000392. The Morgan fingerprint density at radius 3 is 2.61 bits per heavy atom. The zero-order valence-electron chi connectivity index (χ0n) is 16.0. The van der Waals surface area contributed by atoms with Crippen molar-refractivity contribution in [2.24, 2.45) is 4.99 Å². The number of aliphatic imine (C=N–C) groups is 1. The summed E-state index contributed by atoms with van der Waals surface area (Å²) in [5, 5.41) is 15.0. The van der Waals surface area contributed by atoms with Crippen LogP contribution >= 0.6 is 24.0 Å². The predicted molar refractivity (Wildman–Crippen MR) is 118 cm³/mol. The Bertz CT molecular complexity index is 839. The molecule has 0 aliphatic carbocycles. The predicted octanol–water partition coefficient (Wildman–Crippen LogP) is 3.46. The maximum atomic E-state index is 13.9. The number of hydrogen-bond donors (Lipinski definition) is 2. The van der Waals surface area contributed by atoms with Crippen LogP contribution in [0.1, 0.15) is 18.1 Å². The number of nitrogens with zero attached hydrogens (tertiary/aromatic N) is 2. The number of ether oxygens (including phenoxy) is 2. The molecule has 0 spiro atoms. The summed E-state index contributed by atoms with van der Waals surface area (Å²) in [6, 6.07) is 13.7. The van der Waals surface area contributed by atoms with Crippen molar-refractivity contribution in [1.29, 1.82) is 5.26 Å².